The van der Waals surface area contributed by atoms with Gasteiger partial charge in [0, 0.05) is 12.2 Å². The number of rotatable bonds is 5. The van der Waals surface area contributed by atoms with Gasteiger partial charge in [0.2, 0.25) is 0 Å². The molecule has 5 N–H and O–H groups in total. The van der Waals surface area contributed by atoms with Crippen molar-refractivity contribution in [3.63, 3.8) is 0 Å². The Bertz CT molecular complexity index is 626. The van der Waals surface area contributed by atoms with Crippen LogP contribution in [0.4, 0.5) is 10.1 Å². The molecule has 5 heteroatoms. The molecule has 0 radical (unpaired) electrons. The van der Waals surface area contributed by atoms with E-state index < -0.39 is 17.2 Å². The maximum Gasteiger partial charge on any atom is 0.315 e. The van der Waals surface area contributed by atoms with Gasteiger partial charge in [0.1, 0.15) is 11.2 Å². The van der Waals surface area contributed by atoms with Crippen LogP contribution in [-0.2, 0) is 16.6 Å². The van der Waals surface area contributed by atoms with Crippen molar-refractivity contribution < 1.29 is 14.3 Å². The van der Waals surface area contributed by atoms with Gasteiger partial charge in [0.25, 0.3) is 0 Å². The minimum atomic E-state index is -1.29. The molecule has 0 bridgehead atoms. The Morgan fingerprint density at radius 2 is 1.67 bits per heavy atom. The van der Waals surface area contributed by atoms with Gasteiger partial charge < -0.3 is 16.6 Å². The summed E-state index contributed by atoms with van der Waals surface area (Å²) in [5, 5.41) is 9.66. The molecule has 0 saturated heterocycles. The second-order valence-electron chi connectivity index (χ2n) is 5.02. The lowest BCUT2D eigenvalue weighted by Crippen LogP contribution is -2.45. The number of nitrogens with two attached hydrogens (primary N) is 2. The molecule has 0 amide bonds. The molecule has 0 aromatic heterocycles. The Hall–Kier alpha value is -2.40. The minimum Gasteiger partial charge on any atom is -0.481 e. The molecule has 0 aliphatic heterocycles. The zero-order valence-electron chi connectivity index (χ0n) is 11.4. The van der Waals surface area contributed by atoms with Gasteiger partial charge in [-0.25, -0.2) is 4.39 Å². The first-order valence-corrected chi connectivity index (χ1v) is 6.52. The number of carboxylic acids is 1. The predicted octanol–water partition coefficient (Wildman–Crippen LogP) is 1.93. The zero-order chi connectivity index (χ0) is 15.5. The fraction of sp³-hybridized carbons (Fsp3) is 0.188. The molecule has 1 atom stereocenters. The topological polar surface area (TPSA) is 89.3 Å². The molecular weight excluding hydrogens is 271 g/mol. The highest BCUT2D eigenvalue weighted by molar-refractivity contribution is 5.82. The summed E-state index contributed by atoms with van der Waals surface area (Å²) in [6.45, 7) is -0.0850. The number of anilines is 1. The van der Waals surface area contributed by atoms with Crippen molar-refractivity contribution in [3.8, 4) is 0 Å². The van der Waals surface area contributed by atoms with Gasteiger partial charge in [0.15, 0.2) is 0 Å². The summed E-state index contributed by atoms with van der Waals surface area (Å²) in [4.78, 5) is 11.8. The molecule has 1 unspecified atom stereocenters. The first-order valence-electron chi connectivity index (χ1n) is 6.52. The zero-order valence-corrected chi connectivity index (χ0v) is 11.4. The summed E-state index contributed by atoms with van der Waals surface area (Å²) in [6, 6.07) is 12.4. The number of aliphatic carboxylic acids is 1. The number of halogens is 1. The Labute approximate surface area is 122 Å². The number of carbonyl (C=O) groups is 1. The highest BCUT2D eigenvalue weighted by Crippen LogP contribution is 2.29. The number of carboxylic acid groups (broad SMARTS) is 1. The maximum absolute atomic E-state index is 13.1. The monoisotopic (exact) mass is 288 g/mol. The van der Waals surface area contributed by atoms with E-state index in [0.717, 1.165) is 5.56 Å². The molecule has 110 valence electrons. The molecule has 0 aliphatic rings. The summed E-state index contributed by atoms with van der Waals surface area (Å²) in [5.74, 6) is -1.45. The van der Waals surface area contributed by atoms with Crippen molar-refractivity contribution in [1.82, 2.24) is 0 Å². The van der Waals surface area contributed by atoms with E-state index in [4.69, 9.17) is 11.5 Å². The average molecular weight is 288 g/mol. The smallest absolute Gasteiger partial charge is 0.315 e. The van der Waals surface area contributed by atoms with Crippen molar-refractivity contribution in [2.75, 3.05) is 12.3 Å². The standard InChI is InChI=1S/C16H17FN2O2/c17-13-5-3-12(4-6-13)16(10-18,15(20)21)9-11-1-7-14(19)8-2-11/h1-8H,9-10,18-19H2,(H,20,21). The van der Waals surface area contributed by atoms with Gasteiger partial charge in [0.05, 0.1) is 0 Å². The van der Waals surface area contributed by atoms with Crippen LogP contribution in [0.25, 0.3) is 0 Å². The van der Waals surface area contributed by atoms with E-state index in [1.54, 1.807) is 24.3 Å². The van der Waals surface area contributed by atoms with Crippen LogP contribution in [0.1, 0.15) is 11.1 Å². The first-order chi connectivity index (χ1) is 9.98. The van der Waals surface area contributed by atoms with Gasteiger partial charge in [-0.2, -0.15) is 0 Å². The van der Waals surface area contributed by atoms with E-state index in [1.807, 2.05) is 0 Å². The minimum absolute atomic E-state index is 0.0850. The summed E-state index contributed by atoms with van der Waals surface area (Å²) in [7, 11) is 0. The first kappa shape index (κ1) is 15.0. The van der Waals surface area contributed by atoms with Crippen molar-refractivity contribution in [3.05, 3.63) is 65.5 Å². The molecule has 0 saturated carbocycles. The highest BCUT2D eigenvalue weighted by atomic mass is 19.1. The van der Waals surface area contributed by atoms with Crippen LogP contribution in [-0.4, -0.2) is 17.6 Å². The average Bonchev–Trinajstić information content (AvgIpc) is 2.47. The third-order valence-corrected chi connectivity index (χ3v) is 3.64. The van der Waals surface area contributed by atoms with E-state index >= 15 is 0 Å². The number of nitrogen functional groups attached to an aromatic ring is 1. The van der Waals surface area contributed by atoms with Gasteiger partial charge in [-0.1, -0.05) is 24.3 Å². The quantitative estimate of drug-likeness (QED) is 0.733. The molecule has 21 heavy (non-hydrogen) atoms. The second kappa shape index (κ2) is 5.93. The van der Waals surface area contributed by atoms with Crippen molar-refractivity contribution in [2.24, 2.45) is 5.73 Å². The van der Waals surface area contributed by atoms with Crippen LogP contribution in [0.15, 0.2) is 48.5 Å². The molecular formula is C16H17FN2O2. The van der Waals surface area contributed by atoms with Crippen LogP contribution in [0, 0.1) is 5.82 Å². The third-order valence-electron chi connectivity index (χ3n) is 3.64. The summed E-state index contributed by atoms with van der Waals surface area (Å²) < 4.78 is 13.1. The predicted molar refractivity (Wildman–Crippen MR) is 79.3 cm³/mol. The summed E-state index contributed by atoms with van der Waals surface area (Å²) in [5.41, 5.74) is 12.0. The van der Waals surface area contributed by atoms with E-state index in [1.165, 1.54) is 24.3 Å². The summed E-state index contributed by atoms with van der Waals surface area (Å²) in [6.07, 6.45) is 0.213. The SMILES string of the molecule is NCC(Cc1ccc(N)cc1)(C(=O)O)c1ccc(F)cc1. The molecule has 4 nitrogen and oxygen atoms in total. The number of hydrogen-bond acceptors (Lipinski definition) is 3. The van der Waals surface area contributed by atoms with Crippen molar-refractivity contribution in [1.29, 1.82) is 0 Å². The van der Waals surface area contributed by atoms with Crippen LogP contribution >= 0.6 is 0 Å². The van der Waals surface area contributed by atoms with Gasteiger partial charge in [-0.05, 0) is 41.8 Å². The highest BCUT2D eigenvalue weighted by Gasteiger charge is 2.39. The van der Waals surface area contributed by atoms with Crippen molar-refractivity contribution >= 4 is 11.7 Å². The van der Waals surface area contributed by atoms with Crippen LogP contribution in [0.2, 0.25) is 0 Å². The Kier molecular flexibility index (Phi) is 4.23. The van der Waals surface area contributed by atoms with E-state index in [2.05, 4.69) is 0 Å². The molecule has 0 heterocycles. The molecule has 0 spiro atoms. The molecule has 0 fully saturated rings. The molecule has 2 rings (SSSR count). The van der Waals surface area contributed by atoms with E-state index in [9.17, 15) is 14.3 Å². The molecule has 2 aromatic rings. The normalized spacial score (nSPS) is 13.6. The second-order valence-corrected chi connectivity index (χ2v) is 5.02. The Morgan fingerprint density at radius 3 is 2.14 bits per heavy atom. The van der Waals surface area contributed by atoms with Crippen molar-refractivity contribution in [2.45, 2.75) is 11.8 Å². The fourth-order valence-electron chi connectivity index (χ4n) is 2.33. The van der Waals surface area contributed by atoms with Crippen LogP contribution in [0.5, 0.6) is 0 Å². The fourth-order valence-corrected chi connectivity index (χ4v) is 2.33. The maximum atomic E-state index is 13.1. The van der Waals surface area contributed by atoms with Gasteiger partial charge in [-0.15, -0.1) is 0 Å². The van der Waals surface area contributed by atoms with Gasteiger partial charge in [-0.3, -0.25) is 4.79 Å². The number of hydrogen-bond donors (Lipinski definition) is 3. The number of benzene rings is 2. The Balaban J connectivity index is 2.44. The summed E-state index contributed by atoms with van der Waals surface area (Å²) >= 11 is 0. The van der Waals surface area contributed by atoms with Gasteiger partial charge >= 0.3 is 5.97 Å². The third kappa shape index (κ3) is 3.03. The lowest BCUT2D eigenvalue weighted by atomic mass is 9.75. The van der Waals surface area contributed by atoms with Crippen LogP contribution in [0.3, 0.4) is 0 Å². The van der Waals surface area contributed by atoms with E-state index in [0.29, 0.717) is 11.3 Å². The largest absolute Gasteiger partial charge is 0.481 e. The lowest BCUT2D eigenvalue weighted by Gasteiger charge is -2.28. The van der Waals surface area contributed by atoms with E-state index in [-0.39, 0.29) is 13.0 Å². The molecule has 2 aromatic carbocycles. The lowest BCUT2D eigenvalue weighted by molar-refractivity contribution is -0.143. The van der Waals surface area contributed by atoms with Crippen LogP contribution < -0.4 is 11.5 Å². The molecule has 0 aliphatic carbocycles. The Morgan fingerprint density at radius 1 is 1.10 bits per heavy atom.